The molecule has 17 heavy (non-hydrogen) atoms. The van der Waals surface area contributed by atoms with Crippen LogP contribution in [0.15, 0.2) is 21.7 Å². The molecule has 2 fully saturated rings. The number of amides is 1. The first kappa shape index (κ1) is 11.2. The lowest BCUT2D eigenvalue weighted by atomic mass is 10.0. The van der Waals surface area contributed by atoms with E-state index in [0.29, 0.717) is 11.8 Å². The lowest BCUT2D eigenvalue weighted by Gasteiger charge is -2.11. The van der Waals surface area contributed by atoms with Crippen LogP contribution in [0.1, 0.15) is 19.3 Å². The third kappa shape index (κ3) is 2.11. The molecular formula is C11H13NO3S2. The van der Waals surface area contributed by atoms with Crippen LogP contribution in [0, 0.1) is 17.8 Å². The summed E-state index contributed by atoms with van der Waals surface area (Å²) in [5, 5.41) is 3.21. The van der Waals surface area contributed by atoms with E-state index in [1.54, 1.807) is 5.38 Å². The van der Waals surface area contributed by atoms with Gasteiger partial charge in [-0.05, 0) is 42.5 Å². The Morgan fingerprint density at radius 2 is 2.00 bits per heavy atom. The topological polar surface area (TPSA) is 63.2 Å². The minimum absolute atomic E-state index is 0.104. The number of sulfonamides is 1. The van der Waals surface area contributed by atoms with Crippen molar-refractivity contribution in [2.24, 2.45) is 17.8 Å². The summed E-state index contributed by atoms with van der Waals surface area (Å²) >= 11 is 1.30. The highest BCUT2D eigenvalue weighted by molar-refractivity contribution is 7.90. The molecule has 1 unspecified atom stereocenters. The molecule has 92 valence electrons. The van der Waals surface area contributed by atoms with Gasteiger partial charge in [0, 0.05) is 11.3 Å². The highest BCUT2D eigenvalue weighted by atomic mass is 32.2. The normalized spacial score (nSPS) is 30.9. The van der Waals surface area contributed by atoms with Gasteiger partial charge in [0.05, 0.1) is 4.90 Å². The zero-order chi connectivity index (χ0) is 12.0. The van der Waals surface area contributed by atoms with Crippen LogP contribution >= 0.6 is 11.3 Å². The summed E-state index contributed by atoms with van der Waals surface area (Å²) in [6.07, 6.45) is 2.94. The number of fused-ring (bicyclic) bond motifs is 1. The van der Waals surface area contributed by atoms with Crippen molar-refractivity contribution in [1.82, 2.24) is 4.72 Å². The van der Waals surface area contributed by atoms with Crippen molar-refractivity contribution < 1.29 is 13.2 Å². The molecule has 1 amide bonds. The van der Waals surface area contributed by atoms with Crippen molar-refractivity contribution in [2.75, 3.05) is 0 Å². The van der Waals surface area contributed by atoms with E-state index in [-0.39, 0.29) is 16.7 Å². The molecule has 4 nitrogen and oxygen atoms in total. The molecule has 2 saturated carbocycles. The Hall–Kier alpha value is -0.880. The van der Waals surface area contributed by atoms with Crippen molar-refractivity contribution >= 4 is 27.3 Å². The van der Waals surface area contributed by atoms with Gasteiger partial charge < -0.3 is 0 Å². The van der Waals surface area contributed by atoms with Crippen LogP contribution in [0.25, 0.3) is 0 Å². The Balaban J connectivity index is 1.68. The van der Waals surface area contributed by atoms with Gasteiger partial charge in [-0.2, -0.15) is 11.3 Å². The van der Waals surface area contributed by atoms with Crippen LogP contribution in [0.4, 0.5) is 0 Å². The van der Waals surface area contributed by atoms with Crippen LogP contribution in [0.5, 0.6) is 0 Å². The highest BCUT2D eigenvalue weighted by Crippen LogP contribution is 2.54. The monoisotopic (exact) mass is 271 g/mol. The van der Waals surface area contributed by atoms with Crippen molar-refractivity contribution in [3.8, 4) is 0 Å². The summed E-state index contributed by atoms with van der Waals surface area (Å²) in [6.45, 7) is 0. The lowest BCUT2D eigenvalue weighted by Crippen LogP contribution is -2.35. The van der Waals surface area contributed by atoms with Gasteiger partial charge in [-0.1, -0.05) is 0 Å². The third-order valence-electron chi connectivity index (χ3n) is 3.65. The predicted octanol–water partition coefficient (Wildman–Crippen LogP) is 1.60. The van der Waals surface area contributed by atoms with Gasteiger partial charge in [0.25, 0.3) is 10.0 Å². The van der Waals surface area contributed by atoms with E-state index in [1.165, 1.54) is 29.2 Å². The van der Waals surface area contributed by atoms with E-state index >= 15 is 0 Å². The molecule has 3 atom stereocenters. The molecule has 1 heterocycles. The Morgan fingerprint density at radius 1 is 1.29 bits per heavy atom. The number of nitrogens with one attached hydrogen (secondary N) is 1. The van der Waals surface area contributed by atoms with E-state index < -0.39 is 10.0 Å². The van der Waals surface area contributed by atoms with Crippen LogP contribution in [-0.4, -0.2) is 14.3 Å². The van der Waals surface area contributed by atoms with Crippen LogP contribution in [0.3, 0.4) is 0 Å². The molecule has 0 bridgehead atoms. The predicted molar refractivity (Wildman–Crippen MR) is 64.0 cm³/mol. The highest BCUT2D eigenvalue weighted by Gasteiger charge is 2.48. The first-order valence-corrected chi connectivity index (χ1v) is 8.08. The van der Waals surface area contributed by atoms with Gasteiger partial charge in [0.15, 0.2) is 0 Å². The average molecular weight is 271 g/mol. The molecule has 0 radical (unpaired) electrons. The second-order valence-electron chi connectivity index (χ2n) is 4.85. The maximum absolute atomic E-state index is 11.8. The minimum Gasteiger partial charge on any atom is -0.274 e. The largest absolute Gasteiger partial charge is 0.274 e. The zero-order valence-corrected chi connectivity index (χ0v) is 10.8. The SMILES string of the molecule is O=C(NS(=O)(=O)c1ccsc1)C1C[C@@H]2C[C@@H]2C1. The minimum atomic E-state index is -3.65. The fourth-order valence-electron chi connectivity index (χ4n) is 2.61. The van der Waals surface area contributed by atoms with Crippen molar-refractivity contribution in [1.29, 1.82) is 0 Å². The Bertz CT molecular complexity index is 525. The van der Waals surface area contributed by atoms with E-state index in [4.69, 9.17) is 0 Å². The third-order valence-corrected chi connectivity index (χ3v) is 5.83. The smallest absolute Gasteiger partial charge is 0.264 e. The molecule has 1 aromatic heterocycles. The Morgan fingerprint density at radius 3 is 2.59 bits per heavy atom. The molecule has 6 heteroatoms. The van der Waals surface area contributed by atoms with E-state index in [9.17, 15) is 13.2 Å². The standard InChI is InChI=1S/C11H13NO3S2/c13-11(9-4-7-3-8(7)5-9)12-17(14,15)10-1-2-16-6-10/h1-2,6-9H,3-5H2,(H,12,13)/t7-,8+,9?. The summed E-state index contributed by atoms with van der Waals surface area (Å²) in [5.41, 5.74) is 0. The molecule has 1 N–H and O–H groups in total. The lowest BCUT2D eigenvalue weighted by molar-refractivity contribution is -0.123. The number of carbonyl (C=O) groups is 1. The fourth-order valence-corrected chi connectivity index (χ4v) is 4.68. The van der Waals surface area contributed by atoms with Crippen LogP contribution < -0.4 is 4.72 Å². The van der Waals surface area contributed by atoms with Crippen molar-refractivity contribution in [3.05, 3.63) is 16.8 Å². The molecule has 2 aliphatic rings. The zero-order valence-electron chi connectivity index (χ0n) is 9.13. The van der Waals surface area contributed by atoms with Gasteiger partial charge >= 0.3 is 0 Å². The fraction of sp³-hybridized carbons (Fsp3) is 0.545. The first-order valence-electron chi connectivity index (χ1n) is 5.65. The quantitative estimate of drug-likeness (QED) is 0.908. The molecule has 2 aliphatic carbocycles. The van der Waals surface area contributed by atoms with Crippen molar-refractivity contribution in [2.45, 2.75) is 24.2 Å². The average Bonchev–Trinajstić information content (AvgIpc) is 2.76. The summed E-state index contributed by atoms with van der Waals surface area (Å²) in [7, 11) is -3.65. The number of hydrogen-bond donors (Lipinski definition) is 1. The van der Waals surface area contributed by atoms with Gasteiger partial charge in [0.2, 0.25) is 5.91 Å². The Kier molecular flexibility index (Phi) is 2.52. The summed E-state index contributed by atoms with van der Waals surface area (Å²) < 4.78 is 25.8. The number of thiophene rings is 1. The van der Waals surface area contributed by atoms with Crippen molar-refractivity contribution in [3.63, 3.8) is 0 Å². The number of rotatable bonds is 3. The van der Waals surface area contributed by atoms with Gasteiger partial charge in [-0.25, -0.2) is 13.1 Å². The molecule has 0 aliphatic heterocycles. The maximum Gasteiger partial charge on any atom is 0.264 e. The van der Waals surface area contributed by atoms with E-state index in [2.05, 4.69) is 4.72 Å². The van der Waals surface area contributed by atoms with Gasteiger partial charge in [-0.3, -0.25) is 4.79 Å². The molecule has 1 aromatic rings. The second-order valence-corrected chi connectivity index (χ2v) is 7.32. The van der Waals surface area contributed by atoms with E-state index in [1.807, 2.05) is 0 Å². The van der Waals surface area contributed by atoms with Crippen LogP contribution in [-0.2, 0) is 14.8 Å². The van der Waals surface area contributed by atoms with Gasteiger partial charge in [-0.15, -0.1) is 0 Å². The summed E-state index contributed by atoms with van der Waals surface area (Å²) in [5.74, 6) is 0.916. The molecule has 0 saturated heterocycles. The maximum atomic E-state index is 11.8. The Labute approximate surface area is 104 Å². The number of hydrogen-bond acceptors (Lipinski definition) is 4. The molecule has 3 rings (SSSR count). The summed E-state index contributed by atoms with van der Waals surface area (Å²) in [4.78, 5) is 12.0. The second kappa shape index (κ2) is 3.81. The molecular weight excluding hydrogens is 258 g/mol. The summed E-state index contributed by atoms with van der Waals surface area (Å²) in [6, 6.07) is 1.51. The molecule has 0 spiro atoms. The van der Waals surface area contributed by atoms with Gasteiger partial charge in [0.1, 0.15) is 0 Å². The first-order chi connectivity index (χ1) is 8.06. The number of carbonyl (C=O) groups excluding carboxylic acids is 1. The molecule has 0 aromatic carbocycles. The van der Waals surface area contributed by atoms with E-state index in [0.717, 1.165) is 12.8 Å². The van der Waals surface area contributed by atoms with Crippen LogP contribution in [0.2, 0.25) is 0 Å².